The molecular weight excluding hydrogens is 751 g/mol. The summed E-state index contributed by atoms with van der Waals surface area (Å²) in [5.41, 5.74) is 13.9. The minimum absolute atomic E-state index is 0.116. The van der Waals surface area contributed by atoms with Gasteiger partial charge >= 0.3 is 0 Å². The van der Waals surface area contributed by atoms with E-state index in [0.29, 0.717) is 6.42 Å². The van der Waals surface area contributed by atoms with Crippen molar-refractivity contribution in [2.24, 2.45) is 10.9 Å². The molecule has 0 spiro atoms. The van der Waals surface area contributed by atoms with Crippen LogP contribution in [0.5, 0.6) is 0 Å². The van der Waals surface area contributed by atoms with Gasteiger partial charge in [0.25, 0.3) is 0 Å². The van der Waals surface area contributed by atoms with E-state index in [1.54, 1.807) is 37.2 Å². The first-order chi connectivity index (χ1) is 30.0. The van der Waals surface area contributed by atoms with E-state index in [0.717, 1.165) is 96.2 Å². The summed E-state index contributed by atoms with van der Waals surface area (Å²) in [5, 5.41) is 0. The number of allylic oxidation sites excluding steroid dienone is 6. The van der Waals surface area contributed by atoms with Crippen LogP contribution in [0.1, 0.15) is 35.9 Å². The normalized spacial score (nSPS) is 14.2. The number of pyridine rings is 8. The van der Waals surface area contributed by atoms with Crippen molar-refractivity contribution in [1.29, 1.82) is 0 Å². The molecule has 9 nitrogen and oxygen atoms in total. The second kappa shape index (κ2) is 17.8. The first kappa shape index (κ1) is 38.4. The van der Waals surface area contributed by atoms with E-state index in [2.05, 4.69) is 69.4 Å². The third-order valence-electron chi connectivity index (χ3n) is 10.3. The zero-order chi connectivity index (χ0) is 41.4. The van der Waals surface area contributed by atoms with Gasteiger partial charge in [-0.05, 0) is 138 Å². The van der Waals surface area contributed by atoms with E-state index in [-0.39, 0.29) is 5.92 Å². The average molecular weight is 790 g/mol. The van der Waals surface area contributed by atoms with Gasteiger partial charge in [-0.25, -0.2) is 15.0 Å². The van der Waals surface area contributed by atoms with Gasteiger partial charge in [-0.3, -0.25) is 29.9 Å². The zero-order valence-electron chi connectivity index (χ0n) is 33.4. The predicted octanol–water partition coefficient (Wildman–Crippen LogP) is 11.1. The Balaban J connectivity index is 1.22. The van der Waals surface area contributed by atoms with Crippen LogP contribution in [0.3, 0.4) is 0 Å². The molecule has 0 unspecified atom stereocenters. The fourth-order valence-electron chi connectivity index (χ4n) is 7.15. The van der Waals surface area contributed by atoms with Crippen LogP contribution in [-0.2, 0) is 0 Å². The first-order valence-electron chi connectivity index (χ1n) is 20.0. The maximum absolute atomic E-state index is 5.08. The minimum Gasteiger partial charge on any atom is -0.255 e. The van der Waals surface area contributed by atoms with E-state index in [9.17, 15) is 0 Å². The van der Waals surface area contributed by atoms with Gasteiger partial charge in [0.15, 0.2) is 0 Å². The molecule has 0 fully saturated rings. The third-order valence-corrected chi connectivity index (χ3v) is 10.3. The number of aliphatic imine (C=N–C) groups is 1. The molecule has 9 rings (SSSR count). The maximum atomic E-state index is 5.08. The summed E-state index contributed by atoms with van der Waals surface area (Å²) < 4.78 is 0. The van der Waals surface area contributed by atoms with Crippen LogP contribution < -0.4 is 0 Å². The lowest BCUT2D eigenvalue weighted by molar-refractivity contribution is 0.812. The molecule has 0 bridgehead atoms. The molecule has 0 radical (unpaired) electrons. The summed E-state index contributed by atoms with van der Waals surface area (Å²) in [6, 6.07) is 43.5. The Kier molecular flexibility index (Phi) is 11.2. The van der Waals surface area contributed by atoms with Crippen LogP contribution in [0.25, 0.3) is 62.4 Å². The van der Waals surface area contributed by atoms with Crippen molar-refractivity contribution in [3.8, 4) is 45.6 Å². The summed E-state index contributed by atoms with van der Waals surface area (Å²) in [4.78, 5) is 43.2. The van der Waals surface area contributed by atoms with Crippen LogP contribution in [0.4, 0.5) is 0 Å². The number of nitrogens with zero attached hydrogens (tertiary/aromatic N) is 9. The van der Waals surface area contributed by atoms with E-state index in [4.69, 9.17) is 31.5 Å². The molecule has 0 saturated carbocycles. The molecule has 8 aromatic heterocycles. The molecule has 0 amide bonds. The third kappa shape index (κ3) is 8.96. The van der Waals surface area contributed by atoms with Gasteiger partial charge in [0.2, 0.25) is 0 Å². The van der Waals surface area contributed by atoms with Crippen molar-refractivity contribution in [3.05, 3.63) is 224 Å². The maximum Gasteiger partial charge on any atom is 0.0900 e. The predicted molar refractivity (Wildman–Crippen MR) is 243 cm³/mol. The molecule has 1 aliphatic rings. The Hall–Kier alpha value is -8.17. The topological polar surface area (TPSA) is 115 Å². The average Bonchev–Trinajstić information content (AvgIpc) is 3.35. The largest absolute Gasteiger partial charge is 0.255 e. The van der Waals surface area contributed by atoms with Crippen molar-refractivity contribution < 1.29 is 0 Å². The number of hydrogen-bond acceptors (Lipinski definition) is 9. The first-order valence-corrected chi connectivity index (χ1v) is 20.0. The van der Waals surface area contributed by atoms with Gasteiger partial charge in [-0.15, -0.1) is 0 Å². The highest BCUT2D eigenvalue weighted by atomic mass is 14.9. The Morgan fingerprint density at radius 2 is 0.869 bits per heavy atom. The molecule has 1 aliphatic heterocycles. The molecule has 1 atom stereocenters. The SMILES string of the molecule is C=C(/C=C(\C=C(/C)c1cc(-c2ccccn2)nc(-c2ccccn2)c1)c1cc(-c2ccccn2)nc(-c2ccccn2)c1)[C@@H]1C=C(c2ccccn2)N=C(c2ccccn2)C1. The van der Waals surface area contributed by atoms with E-state index in [1.807, 2.05) is 109 Å². The van der Waals surface area contributed by atoms with E-state index < -0.39 is 0 Å². The highest BCUT2D eigenvalue weighted by Gasteiger charge is 2.23. The van der Waals surface area contributed by atoms with Gasteiger partial charge in [0.1, 0.15) is 0 Å². The van der Waals surface area contributed by atoms with E-state index in [1.165, 1.54) is 0 Å². The molecule has 9 heteroatoms. The fraction of sp³-hybridized carbons (Fsp3) is 0.0577. The minimum atomic E-state index is -0.116. The van der Waals surface area contributed by atoms with Crippen LogP contribution in [0.2, 0.25) is 0 Å². The lowest BCUT2D eigenvalue weighted by Gasteiger charge is -2.22. The van der Waals surface area contributed by atoms with Gasteiger partial charge in [-0.2, -0.15) is 0 Å². The Labute approximate surface area is 354 Å². The van der Waals surface area contributed by atoms with Gasteiger partial charge in [0.05, 0.1) is 68.3 Å². The molecule has 0 aliphatic carbocycles. The summed E-state index contributed by atoms with van der Waals surface area (Å²) >= 11 is 0. The Morgan fingerprint density at radius 3 is 1.28 bits per heavy atom. The highest BCUT2D eigenvalue weighted by molar-refractivity contribution is 6.03. The summed E-state index contributed by atoms with van der Waals surface area (Å²) in [6.45, 7) is 6.85. The highest BCUT2D eigenvalue weighted by Crippen LogP contribution is 2.35. The quantitative estimate of drug-likeness (QED) is 0.119. The number of hydrogen-bond donors (Lipinski definition) is 0. The molecule has 8 aromatic rings. The molecule has 61 heavy (non-hydrogen) atoms. The van der Waals surface area contributed by atoms with Gasteiger partial charge in [-0.1, -0.05) is 55.1 Å². The lowest BCUT2D eigenvalue weighted by atomic mass is 9.87. The molecule has 0 aromatic carbocycles. The van der Waals surface area contributed by atoms with E-state index >= 15 is 0 Å². The van der Waals surface area contributed by atoms with Crippen molar-refractivity contribution in [2.75, 3.05) is 0 Å². The Bertz CT molecular complexity index is 2820. The molecule has 9 heterocycles. The van der Waals surface area contributed by atoms with Gasteiger partial charge in [0, 0.05) is 49.5 Å². The van der Waals surface area contributed by atoms with Crippen LogP contribution in [-0.4, -0.2) is 45.6 Å². The van der Waals surface area contributed by atoms with Crippen molar-refractivity contribution in [1.82, 2.24) is 39.9 Å². The lowest BCUT2D eigenvalue weighted by Crippen LogP contribution is -2.15. The van der Waals surface area contributed by atoms with Crippen molar-refractivity contribution in [2.45, 2.75) is 13.3 Å². The second-order valence-corrected chi connectivity index (χ2v) is 14.5. The van der Waals surface area contributed by atoms with Crippen molar-refractivity contribution in [3.63, 3.8) is 0 Å². The molecule has 0 N–H and O–H groups in total. The second-order valence-electron chi connectivity index (χ2n) is 14.5. The standard InChI is InChI=1S/C52H39N9/c1-35(37-29-47(41-15-3-9-21-53-41)59-48(30-37)42-16-4-10-22-54-42)27-39(40-33-51(45-19-7-13-25-57-45)61-52(34-40)46-20-8-14-26-58-46)28-36(2)38-31-49(43-17-5-11-23-55-43)60-50(32-38)44-18-6-12-24-56-44/h3-29,31-34,37H,1,30H2,2H3/b36-28+,39-27+/t37-/m1/s1. The van der Waals surface area contributed by atoms with Crippen LogP contribution in [0, 0.1) is 5.92 Å². The fourth-order valence-corrected chi connectivity index (χ4v) is 7.15. The zero-order valence-corrected chi connectivity index (χ0v) is 33.4. The number of rotatable bonds is 11. The summed E-state index contributed by atoms with van der Waals surface area (Å²) in [5.74, 6) is -0.116. The molecule has 292 valence electrons. The smallest absolute Gasteiger partial charge is 0.0900 e. The monoisotopic (exact) mass is 789 g/mol. The molecular formula is C52H39N9. The summed E-state index contributed by atoms with van der Waals surface area (Å²) in [7, 11) is 0. The van der Waals surface area contributed by atoms with Crippen molar-refractivity contribution >= 4 is 22.6 Å². The molecule has 0 saturated heterocycles. The summed E-state index contributed by atoms with van der Waals surface area (Å²) in [6.07, 6.45) is 17.8. The van der Waals surface area contributed by atoms with Gasteiger partial charge < -0.3 is 0 Å². The Morgan fingerprint density at radius 1 is 0.475 bits per heavy atom. The van der Waals surface area contributed by atoms with Crippen LogP contribution in [0.15, 0.2) is 206 Å². The van der Waals surface area contributed by atoms with Crippen LogP contribution >= 0.6 is 0 Å². The number of aromatic nitrogens is 8.